The summed E-state index contributed by atoms with van der Waals surface area (Å²) < 4.78 is 0. The van der Waals surface area contributed by atoms with Crippen LogP contribution in [0.4, 0.5) is 17.1 Å². The molecule has 0 atom stereocenters. The maximum absolute atomic E-state index is 2.69. The fraction of sp³-hybridized carbons (Fsp3) is 0.322. The molecule has 3 aliphatic carbocycles. The molecule has 0 radical (unpaired) electrons. The topological polar surface area (TPSA) is 3.24 Å². The van der Waals surface area contributed by atoms with Gasteiger partial charge in [-0.2, -0.15) is 0 Å². The van der Waals surface area contributed by atoms with E-state index in [1.54, 1.807) is 11.1 Å². The third-order valence-corrected chi connectivity index (χ3v) is 15.1. The molecule has 2 fully saturated rings. The molecule has 3 aliphatic rings. The van der Waals surface area contributed by atoms with E-state index in [0.717, 1.165) is 0 Å². The van der Waals surface area contributed by atoms with E-state index >= 15 is 0 Å². The normalized spacial score (nSPS) is 17.1. The zero-order valence-electron chi connectivity index (χ0n) is 36.4. The van der Waals surface area contributed by atoms with Crippen molar-refractivity contribution in [2.45, 2.75) is 121 Å². The second-order valence-electron chi connectivity index (χ2n) is 20.2. The summed E-state index contributed by atoms with van der Waals surface area (Å²) >= 11 is 0. The summed E-state index contributed by atoms with van der Waals surface area (Å²) in [6.45, 7) is 12.0. The van der Waals surface area contributed by atoms with E-state index in [-0.39, 0.29) is 10.8 Å². The van der Waals surface area contributed by atoms with Crippen LogP contribution in [0, 0.1) is 0 Å². The summed E-state index contributed by atoms with van der Waals surface area (Å²) in [5.41, 5.74) is 16.5. The van der Waals surface area contributed by atoms with Gasteiger partial charge in [-0.15, -0.1) is 0 Å². The van der Waals surface area contributed by atoms with Gasteiger partial charge in [-0.25, -0.2) is 0 Å². The molecular weight excluding hydrogens is 723 g/mol. The average Bonchev–Trinajstić information content (AvgIpc) is 3.52. The molecule has 1 heteroatoms. The highest BCUT2D eigenvalue weighted by molar-refractivity contribution is 6.31. The van der Waals surface area contributed by atoms with Crippen LogP contribution in [0.5, 0.6) is 0 Å². The molecule has 0 spiro atoms. The quantitative estimate of drug-likeness (QED) is 0.152. The molecule has 0 aromatic heterocycles. The van der Waals surface area contributed by atoms with Gasteiger partial charge in [0.15, 0.2) is 0 Å². The van der Waals surface area contributed by atoms with Gasteiger partial charge in [0, 0.05) is 22.5 Å². The van der Waals surface area contributed by atoms with Crippen molar-refractivity contribution < 1.29 is 0 Å². The third-order valence-electron chi connectivity index (χ3n) is 15.1. The van der Waals surface area contributed by atoms with Crippen LogP contribution in [0.15, 0.2) is 133 Å². The minimum absolute atomic E-state index is 0.112. The number of hydrogen-bond donors (Lipinski definition) is 0. The number of hydrogen-bond acceptors (Lipinski definition) is 1. The Hall–Kier alpha value is -5.40. The lowest BCUT2D eigenvalue weighted by Crippen LogP contribution is -2.17. The summed E-state index contributed by atoms with van der Waals surface area (Å²) in [5, 5.41) is 8.73. The SMILES string of the molecule is CC(C)(C)c1ccc(-c2cc3cc(C4CCCCC4)cc4c5c(c6cc(C7CCCCC7)cc2c6c34)C(C)(C)c2cc(N(c3ccccc3)c3ccccc3)ccc2-5)cc1. The summed E-state index contributed by atoms with van der Waals surface area (Å²) in [6.07, 6.45) is 13.2. The summed E-state index contributed by atoms with van der Waals surface area (Å²) in [5.74, 6) is 1.22. The number of para-hydroxylation sites is 2. The van der Waals surface area contributed by atoms with Crippen molar-refractivity contribution in [1.82, 2.24) is 0 Å². The van der Waals surface area contributed by atoms with Gasteiger partial charge in [0.05, 0.1) is 0 Å². The summed E-state index contributed by atoms with van der Waals surface area (Å²) in [4.78, 5) is 2.43. The molecule has 8 aromatic rings. The molecule has 0 bridgehead atoms. The molecule has 0 saturated heterocycles. The third kappa shape index (κ3) is 6.09. The Bertz CT molecular complexity index is 2820. The number of benzene rings is 8. The minimum Gasteiger partial charge on any atom is -0.310 e. The first-order chi connectivity index (χ1) is 29.1. The van der Waals surface area contributed by atoms with Gasteiger partial charge in [0.2, 0.25) is 0 Å². The second-order valence-corrected chi connectivity index (χ2v) is 20.2. The number of nitrogens with zero attached hydrogens (tertiary/aromatic N) is 1. The van der Waals surface area contributed by atoms with Crippen molar-refractivity contribution >= 4 is 49.4 Å². The van der Waals surface area contributed by atoms with Crippen LogP contribution >= 0.6 is 0 Å². The fourth-order valence-electron chi connectivity index (χ4n) is 11.9. The first-order valence-electron chi connectivity index (χ1n) is 23.1. The highest BCUT2D eigenvalue weighted by Gasteiger charge is 2.40. The Kier molecular flexibility index (Phi) is 9.00. The molecule has 11 rings (SSSR count). The molecule has 0 N–H and O–H groups in total. The molecule has 0 unspecified atom stereocenters. The second kappa shape index (κ2) is 14.4. The van der Waals surface area contributed by atoms with Crippen LogP contribution in [0.25, 0.3) is 54.6 Å². The van der Waals surface area contributed by atoms with E-state index in [1.165, 1.54) is 153 Å². The maximum atomic E-state index is 2.69. The first-order valence-corrected chi connectivity index (χ1v) is 23.1. The summed E-state index contributed by atoms with van der Waals surface area (Å²) in [7, 11) is 0. The Morgan fingerprint density at radius 3 is 1.67 bits per heavy atom. The largest absolute Gasteiger partial charge is 0.310 e. The van der Waals surface area contributed by atoms with Gasteiger partial charge >= 0.3 is 0 Å². The molecule has 8 aromatic carbocycles. The number of fused-ring (bicyclic) bond motifs is 5. The standard InChI is InChI=1S/C59H59N/c1-58(2,3)44-28-26-40(27-29-44)49-36-43-32-41(38-18-10-6-11-19-38)34-51-54(43)55-50(49)33-42(39-20-12-7-13-21-39)35-52(55)57-56(51)48-31-30-47(37-53(48)59(57,4)5)60(45-22-14-8-15-23-45)46-24-16-9-17-25-46/h8-9,14-17,22-39H,6-7,10-13,18-21H2,1-5H3. The van der Waals surface area contributed by atoms with Gasteiger partial charge in [-0.1, -0.05) is 164 Å². The van der Waals surface area contributed by atoms with Crippen LogP contribution in [-0.4, -0.2) is 0 Å². The molecule has 300 valence electrons. The number of rotatable bonds is 6. The van der Waals surface area contributed by atoms with Crippen molar-refractivity contribution in [2.24, 2.45) is 0 Å². The van der Waals surface area contributed by atoms with Crippen LogP contribution < -0.4 is 4.90 Å². The molecule has 0 heterocycles. The lowest BCUT2D eigenvalue weighted by atomic mass is 9.74. The lowest BCUT2D eigenvalue weighted by Gasteiger charge is -2.30. The zero-order chi connectivity index (χ0) is 40.8. The van der Waals surface area contributed by atoms with Gasteiger partial charge in [-0.3, -0.25) is 0 Å². The van der Waals surface area contributed by atoms with E-state index in [1.807, 2.05) is 0 Å². The van der Waals surface area contributed by atoms with Crippen molar-refractivity contribution in [1.29, 1.82) is 0 Å². The molecule has 0 aliphatic heterocycles. The molecule has 60 heavy (non-hydrogen) atoms. The molecule has 1 nitrogen and oxygen atoms in total. The van der Waals surface area contributed by atoms with Crippen molar-refractivity contribution in [3.05, 3.63) is 161 Å². The van der Waals surface area contributed by atoms with Crippen LogP contribution in [0.1, 0.15) is 138 Å². The predicted octanol–water partition coefficient (Wildman–Crippen LogP) is 17.4. The molecular formula is C59H59N. The maximum Gasteiger partial charge on any atom is 0.0465 e. The Labute approximate surface area is 357 Å². The fourth-order valence-corrected chi connectivity index (χ4v) is 11.9. The Morgan fingerprint density at radius 2 is 1.07 bits per heavy atom. The Morgan fingerprint density at radius 1 is 0.500 bits per heavy atom. The smallest absolute Gasteiger partial charge is 0.0465 e. The van der Waals surface area contributed by atoms with Gasteiger partial charge in [0.25, 0.3) is 0 Å². The van der Waals surface area contributed by atoms with E-state index in [9.17, 15) is 0 Å². The highest BCUT2D eigenvalue weighted by atomic mass is 15.1. The average molecular weight is 782 g/mol. The molecule has 2 saturated carbocycles. The van der Waals surface area contributed by atoms with Gasteiger partial charge < -0.3 is 4.90 Å². The van der Waals surface area contributed by atoms with Gasteiger partial charge in [-0.05, 0) is 168 Å². The van der Waals surface area contributed by atoms with Gasteiger partial charge in [0.1, 0.15) is 0 Å². The number of anilines is 3. The highest BCUT2D eigenvalue weighted by Crippen LogP contribution is 2.59. The Balaban J connectivity index is 1.22. The monoisotopic (exact) mass is 781 g/mol. The first kappa shape index (κ1) is 37.6. The van der Waals surface area contributed by atoms with Crippen molar-refractivity contribution in [2.75, 3.05) is 4.90 Å². The minimum atomic E-state index is -0.215. The summed E-state index contributed by atoms with van der Waals surface area (Å²) in [6, 6.07) is 52.0. The van der Waals surface area contributed by atoms with Crippen molar-refractivity contribution in [3.63, 3.8) is 0 Å². The van der Waals surface area contributed by atoms with Crippen LogP contribution in [0.3, 0.4) is 0 Å². The van der Waals surface area contributed by atoms with E-state index in [0.29, 0.717) is 11.8 Å². The zero-order valence-corrected chi connectivity index (χ0v) is 36.4. The van der Waals surface area contributed by atoms with Crippen LogP contribution in [-0.2, 0) is 10.8 Å². The van der Waals surface area contributed by atoms with E-state index in [2.05, 4.69) is 173 Å². The van der Waals surface area contributed by atoms with E-state index < -0.39 is 0 Å². The predicted molar refractivity (Wildman–Crippen MR) is 258 cm³/mol. The van der Waals surface area contributed by atoms with E-state index in [4.69, 9.17) is 0 Å². The molecule has 0 amide bonds. The van der Waals surface area contributed by atoms with Crippen LogP contribution in [0.2, 0.25) is 0 Å². The lowest BCUT2D eigenvalue weighted by molar-refractivity contribution is 0.444. The van der Waals surface area contributed by atoms with Crippen molar-refractivity contribution in [3.8, 4) is 22.3 Å².